The lowest BCUT2D eigenvalue weighted by Gasteiger charge is -2.19. The molecule has 1 amide bonds. The average molecular weight is 265 g/mol. The van der Waals surface area contributed by atoms with Crippen molar-refractivity contribution in [2.24, 2.45) is 0 Å². The van der Waals surface area contributed by atoms with E-state index in [1.54, 1.807) is 6.92 Å². The van der Waals surface area contributed by atoms with Crippen molar-refractivity contribution in [2.75, 3.05) is 0 Å². The molecule has 1 unspecified atom stereocenters. The number of nitrogens with one attached hydrogen (secondary N) is 1. The smallest absolute Gasteiger partial charge is 0.246 e. The van der Waals surface area contributed by atoms with Gasteiger partial charge >= 0.3 is 0 Å². The second-order valence-corrected chi connectivity index (χ2v) is 4.91. The monoisotopic (exact) mass is 265 g/mol. The van der Waals surface area contributed by atoms with Gasteiger partial charge in [0.25, 0.3) is 0 Å². The van der Waals surface area contributed by atoms with Crippen molar-refractivity contribution in [3.63, 3.8) is 0 Å². The van der Waals surface area contributed by atoms with Crippen LogP contribution in [-0.2, 0) is 11.2 Å². The minimum Gasteiger partial charge on any atom is -0.345 e. The van der Waals surface area contributed by atoms with Crippen LogP contribution < -0.4 is 5.32 Å². The highest BCUT2D eigenvalue weighted by Crippen LogP contribution is 2.18. The number of carbonyl (C=O) groups excluding carboxylic acids is 1. The molecule has 0 aliphatic carbocycles. The summed E-state index contributed by atoms with van der Waals surface area (Å²) in [4.78, 5) is 11.9. The molecule has 2 aromatic carbocycles. The predicted molar refractivity (Wildman–Crippen MR) is 82.3 cm³/mol. The molecule has 2 nitrogen and oxygen atoms in total. The van der Waals surface area contributed by atoms with E-state index in [4.69, 9.17) is 0 Å². The van der Waals surface area contributed by atoms with E-state index in [0.717, 1.165) is 12.0 Å². The van der Waals surface area contributed by atoms with Crippen LogP contribution in [0, 0.1) is 0 Å². The van der Waals surface area contributed by atoms with Crippen molar-refractivity contribution in [1.82, 2.24) is 5.32 Å². The van der Waals surface area contributed by atoms with Gasteiger partial charge < -0.3 is 5.32 Å². The summed E-state index contributed by atoms with van der Waals surface area (Å²) < 4.78 is 0. The number of hydrogen-bond donors (Lipinski definition) is 1. The number of hydrogen-bond acceptors (Lipinski definition) is 1. The third-order valence-corrected chi connectivity index (χ3v) is 3.18. The molecule has 0 aliphatic rings. The lowest BCUT2D eigenvalue weighted by molar-refractivity contribution is -0.118. The first-order valence-corrected chi connectivity index (χ1v) is 6.72. The Morgan fingerprint density at radius 1 is 1.05 bits per heavy atom. The van der Waals surface area contributed by atoms with E-state index in [0.29, 0.717) is 5.57 Å². The van der Waals surface area contributed by atoms with E-state index >= 15 is 0 Å². The van der Waals surface area contributed by atoms with Crippen molar-refractivity contribution in [3.05, 3.63) is 83.9 Å². The standard InChI is InChI=1S/C18H19NO/c1-14(2)18(20)19-17(16-11-7-4-8-12-16)13-15-9-5-3-6-10-15/h3-12,17H,1,13H2,2H3,(H,19,20). The summed E-state index contributed by atoms with van der Waals surface area (Å²) in [6, 6.07) is 20.1. The Morgan fingerprint density at radius 2 is 1.60 bits per heavy atom. The molecule has 0 aromatic heterocycles. The average Bonchev–Trinajstić information content (AvgIpc) is 2.48. The van der Waals surface area contributed by atoms with E-state index in [2.05, 4.69) is 24.0 Å². The highest BCUT2D eigenvalue weighted by molar-refractivity contribution is 5.92. The molecule has 0 saturated carbocycles. The zero-order valence-corrected chi connectivity index (χ0v) is 11.7. The minimum atomic E-state index is -0.102. The van der Waals surface area contributed by atoms with Gasteiger partial charge in [0.1, 0.15) is 0 Å². The fraction of sp³-hybridized carbons (Fsp3) is 0.167. The lowest BCUT2D eigenvalue weighted by Crippen LogP contribution is -2.30. The Bertz CT molecular complexity index is 575. The molecule has 0 spiro atoms. The van der Waals surface area contributed by atoms with Gasteiger partial charge in [-0.05, 0) is 24.5 Å². The van der Waals surface area contributed by atoms with Gasteiger partial charge in [0.2, 0.25) is 5.91 Å². The van der Waals surface area contributed by atoms with Gasteiger partial charge in [0.05, 0.1) is 6.04 Å². The molecule has 0 aliphatic heterocycles. The van der Waals surface area contributed by atoms with Crippen LogP contribution in [0.5, 0.6) is 0 Å². The molecule has 0 saturated heterocycles. The largest absolute Gasteiger partial charge is 0.345 e. The minimum absolute atomic E-state index is 0.0391. The molecule has 20 heavy (non-hydrogen) atoms. The summed E-state index contributed by atoms with van der Waals surface area (Å²) in [5, 5.41) is 3.04. The van der Waals surface area contributed by atoms with Gasteiger partial charge in [-0.2, -0.15) is 0 Å². The van der Waals surface area contributed by atoms with E-state index in [-0.39, 0.29) is 11.9 Å². The quantitative estimate of drug-likeness (QED) is 0.821. The van der Waals surface area contributed by atoms with Crippen LogP contribution >= 0.6 is 0 Å². The van der Waals surface area contributed by atoms with Crippen LogP contribution in [0.25, 0.3) is 0 Å². The van der Waals surface area contributed by atoms with Gasteiger partial charge in [-0.1, -0.05) is 67.2 Å². The van der Waals surface area contributed by atoms with Gasteiger partial charge in [-0.15, -0.1) is 0 Å². The molecule has 102 valence electrons. The number of rotatable bonds is 5. The van der Waals surface area contributed by atoms with Crippen molar-refractivity contribution in [1.29, 1.82) is 0 Å². The third kappa shape index (κ3) is 3.82. The topological polar surface area (TPSA) is 29.1 Å². The maximum absolute atomic E-state index is 11.9. The van der Waals surface area contributed by atoms with Crippen LogP contribution in [0.4, 0.5) is 0 Å². The Morgan fingerprint density at radius 3 is 2.15 bits per heavy atom. The molecule has 1 N–H and O–H groups in total. The molecule has 0 radical (unpaired) electrons. The molecule has 0 fully saturated rings. The summed E-state index contributed by atoms with van der Waals surface area (Å²) in [5.41, 5.74) is 2.83. The summed E-state index contributed by atoms with van der Waals surface area (Å²) in [5.74, 6) is -0.102. The second-order valence-electron chi connectivity index (χ2n) is 4.91. The van der Waals surface area contributed by atoms with Crippen LogP contribution in [0.15, 0.2) is 72.8 Å². The van der Waals surface area contributed by atoms with E-state index in [1.807, 2.05) is 48.5 Å². The second kappa shape index (κ2) is 6.71. The van der Waals surface area contributed by atoms with Crippen molar-refractivity contribution in [2.45, 2.75) is 19.4 Å². The lowest BCUT2D eigenvalue weighted by atomic mass is 9.98. The maximum atomic E-state index is 11.9. The summed E-state index contributed by atoms with van der Waals surface area (Å²) >= 11 is 0. The van der Waals surface area contributed by atoms with Crippen LogP contribution in [0.3, 0.4) is 0 Å². The highest BCUT2D eigenvalue weighted by Gasteiger charge is 2.15. The number of amides is 1. The molecular formula is C18H19NO. The van der Waals surface area contributed by atoms with Crippen LogP contribution in [0.2, 0.25) is 0 Å². The number of carbonyl (C=O) groups is 1. The summed E-state index contributed by atoms with van der Waals surface area (Å²) in [7, 11) is 0. The molecule has 0 bridgehead atoms. The van der Waals surface area contributed by atoms with E-state index in [9.17, 15) is 4.79 Å². The Balaban J connectivity index is 2.20. The molecule has 1 atom stereocenters. The first kappa shape index (κ1) is 14.1. The predicted octanol–water partition coefficient (Wildman–Crippen LogP) is 3.66. The van der Waals surface area contributed by atoms with E-state index in [1.165, 1.54) is 5.56 Å². The van der Waals surface area contributed by atoms with Crippen molar-refractivity contribution < 1.29 is 4.79 Å². The Kier molecular flexibility index (Phi) is 4.72. The normalized spacial score (nSPS) is 11.7. The molecule has 2 rings (SSSR count). The van der Waals surface area contributed by atoms with E-state index < -0.39 is 0 Å². The molecule has 2 aromatic rings. The van der Waals surface area contributed by atoms with Crippen LogP contribution in [-0.4, -0.2) is 5.91 Å². The Hall–Kier alpha value is -2.35. The first-order chi connectivity index (χ1) is 9.66. The third-order valence-electron chi connectivity index (χ3n) is 3.18. The summed E-state index contributed by atoms with van der Waals surface area (Å²) in [6.45, 7) is 5.42. The van der Waals surface area contributed by atoms with Crippen molar-refractivity contribution in [3.8, 4) is 0 Å². The zero-order chi connectivity index (χ0) is 14.4. The zero-order valence-electron chi connectivity index (χ0n) is 11.7. The Labute approximate surface area is 120 Å². The van der Waals surface area contributed by atoms with Gasteiger partial charge in [0.15, 0.2) is 0 Å². The first-order valence-electron chi connectivity index (χ1n) is 6.72. The van der Waals surface area contributed by atoms with Crippen molar-refractivity contribution >= 4 is 5.91 Å². The van der Waals surface area contributed by atoms with Gasteiger partial charge in [-0.25, -0.2) is 0 Å². The van der Waals surface area contributed by atoms with Crippen LogP contribution in [0.1, 0.15) is 24.1 Å². The molecule has 0 heterocycles. The molecule has 2 heteroatoms. The fourth-order valence-corrected chi connectivity index (χ4v) is 2.07. The fourth-order valence-electron chi connectivity index (χ4n) is 2.07. The van der Waals surface area contributed by atoms with Gasteiger partial charge in [-0.3, -0.25) is 4.79 Å². The highest BCUT2D eigenvalue weighted by atomic mass is 16.1. The molecular weight excluding hydrogens is 246 g/mol. The maximum Gasteiger partial charge on any atom is 0.246 e. The van der Waals surface area contributed by atoms with Gasteiger partial charge in [0, 0.05) is 5.57 Å². The summed E-state index contributed by atoms with van der Waals surface area (Å²) in [6.07, 6.45) is 0.768. The SMILES string of the molecule is C=C(C)C(=O)NC(Cc1ccccc1)c1ccccc1. The number of benzene rings is 2.